The molecule has 0 spiro atoms. The lowest BCUT2D eigenvalue weighted by molar-refractivity contribution is 0.0911. The van der Waals surface area contributed by atoms with Crippen molar-refractivity contribution < 1.29 is 4.79 Å². The maximum atomic E-state index is 12.5. The Bertz CT molecular complexity index is 947. The van der Waals surface area contributed by atoms with Crippen molar-refractivity contribution in [3.05, 3.63) is 72.1 Å². The molecule has 5 heteroatoms. The van der Waals surface area contributed by atoms with Crippen LogP contribution in [0, 0.1) is 6.92 Å². The number of hydrogen-bond acceptors (Lipinski definition) is 4. The van der Waals surface area contributed by atoms with Crippen LogP contribution in [0.4, 0.5) is 11.6 Å². The number of nitrogens with one attached hydrogen (secondary N) is 2. The Morgan fingerprint density at radius 2 is 1.68 bits per heavy atom. The van der Waals surface area contributed by atoms with Crippen molar-refractivity contribution in [1.82, 2.24) is 15.3 Å². The maximum Gasteiger partial charge on any atom is 0.251 e. The van der Waals surface area contributed by atoms with E-state index in [9.17, 15) is 4.79 Å². The first-order chi connectivity index (χ1) is 13.4. The Balaban J connectivity index is 1.72. The molecule has 3 rings (SSSR count). The molecular weight excluding hydrogens is 348 g/mol. The van der Waals surface area contributed by atoms with Gasteiger partial charge in [0, 0.05) is 34.7 Å². The SMILES string of the molecule is CCC(C)(C)NC(=O)c1cccc(Nc2ncc(-c3ccc(C)cc3)cn2)c1. The fraction of sp³-hybridized carbons (Fsp3) is 0.261. The first kappa shape index (κ1) is 19.5. The first-order valence-corrected chi connectivity index (χ1v) is 9.45. The number of hydrogen-bond donors (Lipinski definition) is 2. The maximum absolute atomic E-state index is 12.5. The van der Waals surface area contributed by atoms with Crippen LogP contribution in [0.15, 0.2) is 60.9 Å². The van der Waals surface area contributed by atoms with Crippen molar-refractivity contribution in [2.45, 2.75) is 39.7 Å². The average Bonchev–Trinajstić information content (AvgIpc) is 2.69. The van der Waals surface area contributed by atoms with Gasteiger partial charge in [0.2, 0.25) is 5.95 Å². The lowest BCUT2D eigenvalue weighted by Crippen LogP contribution is -2.42. The Kier molecular flexibility index (Phi) is 5.73. The van der Waals surface area contributed by atoms with Gasteiger partial charge in [-0.05, 0) is 51.0 Å². The number of benzene rings is 2. The van der Waals surface area contributed by atoms with Crippen LogP contribution in [0.5, 0.6) is 0 Å². The Morgan fingerprint density at radius 3 is 2.32 bits per heavy atom. The molecule has 5 nitrogen and oxygen atoms in total. The smallest absolute Gasteiger partial charge is 0.251 e. The standard InChI is InChI=1S/C23H26N4O/c1-5-23(3,4)27-21(28)18-7-6-8-20(13-18)26-22-24-14-19(15-25-22)17-11-9-16(2)10-12-17/h6-15H,5H2,1-4H3,(H,27,28)(H,24,25,26). The van der Waals surface area contributed by atoms with E-state index in [4.69, 9.17) is 0 Å². The summed E-state index contributed by atoms with van der Waals surface area (Å²) in [7, 11) is 0. The number of anilines is 2. The molecular formula is C23H26N4O. The summed E-state index contributed by atoms with van der Waals surface area (Å²) in [6, 6.07) is 15.6. The molecule has 2 aromatic carbocycles. The van der Waals surface area contributed by atoms with Gasteiger partial charge in [-0.2, -0.15) is 0 Å². The normalized spacial score (nSPS) is 11.1. The van der Waals surface area contributed by atoms with Crippen LogP contribution in [0.25, 0.3) is 11.1 Å². The van der Waals surface area contributed by atoms with Crippen molar-refractivity contribution in [2.75, 3.05) is 5.32 Å². The fourth-order valence-electron chi connectivity index (χ4n) is 2.62. The first-order valence-electron chi connectivity index (χ1n) is 9.45. The summed E-state index contributed by atoms with van der Waals surface area (Å²) in [6.07, 6.45) is 4.44. The minimum Gasteiger partial charge on any atom is -0.347 e. The summed E-state index contributed by atoms with van der Waals surface area (Å²) in [5.41, 5.74) is 4.38. The highest BCUT2D eigenvalue weighted by Crippen LogP contribution is 2.20. The molecule has 0 fully saturated rings. The van der Waals surface area contributed by atoms with Crippen LogP contribution in [0.3, 0.4) is 0 Å². The molecule has 0 aliphatic heterocycles. The lowest BCUT2D eigenvalue weighted by atomic mass is 10.0. The van der Waals surface area contributed by atoms with Crippen molar-refractivity contribution in [1.29, 1.82) is 0 Å². The molecule has 0 atom stereocenters. The summed E-state index contributed by atoms with van der Waals surface area (Å²) in [6.45, 7) is 8.13. The highest BCUT2D eigenvalue weighted by Gasteiger charge is 2.18. The molecule has 1 heterocycles. The zero-order valence-electron chi connectivity index (χ0n) is 16.8. The zero-order valence-corrected chi connectivity index (χ0v) is 16.8. The molecule has 0 unspecified atom stereocenters. The van der Waals surface area contributed by atoms with E-state index < -0.39 is 0 Å². The highest BCUT2D eigenvalue weighted by molar-refractivity contribution is 5.95. The van der Waals surface area contributed by atoms with E-state index in [-0.39, 0.29) is 11.4 Å². The van der Waals surface area contributed by atoms with Crippen LogP contribution >= 0.6 is 0 Å². The van der Waals surface area contributed by atoms with Gasteiger partial charge in [0.25, 0.3) is 5.91 Å². The lowest BCUT2D eigenvalue weighted by Gasteiger charge is -2.24. The Morgan fingerprint density at radius 1 is 1.00 bits per heavy atom. The van der Waals surface area contributed by atoms with Gasteiger partial charge >= 0.3 is 0 Å². The van der Waals surface area contributed by atoms with E-state index in [1.54, 1.807) is 24.5 Å². The summed E-state index contributed by atoms with van der Waals surface area (Å²) < 4.78 is 0. The second kappa shape index (κ2) is 8.21. The number of carbonyl (C=O) groups excluding carboxylic acids is 1. The Labute approximate surface area is 166 Å². The van der Waals surface area contributed by atoms with E-state index in [0.717, 1.165) is 23.2 Å². The molecule has 0 saturated heterocycles. The van der Waals surface area contributed by atoms with Crippen LogP contribution in [0.1, 0.15) is 43.1 Å². The number of nitrogens with zero attached hydrogens (tertiary/aromatic N) is 2. The third kappa shape index (κ3) is 4.94. The molecule has 144 valence electrons. The van der Waals surface area contributed by atoms with Crippen molar-refractivity contribution in [3.8, 4) is 11.1 Å². The molecule has 0 aliphatic carbocycles. The van der Waals surface area contributed by atoms with Gasteiger partial charge < -0.3 is 10.6 Å². The molecule has 1 aromatic heterocycles. The largest absolute Gasteiger partial charge is 0.347 e. The minimum atomic E-state index is -0.241. The second-order valence-electron chi connectivity index (χ2n) is 7.56. The minimum absolute atomic E-state index is 0.0915. The number of aromatic nitrogens is 2. The number of amides is 1. The topological polar surface area (TPSA) is 66.9 Å². The summed E-state index contributed by atoms with van der Waals surface area (Å²) in [5.74, 6) is 0.397. The van der Waals surface area contributed by atoms with Crippen LogP contribution in [0.2, 0.25) is 0 Å². The van der Waals surface area contributed by atoms with Gasteiger partial charge in [-0.25, -0.2) is 9.97 Å². The monoisotopic (exact) mass is 374 g/mol. The summed E-state index contributed by atoms with van der Waals surface area (Å²) in [4.78, 5) is 21.3. The second-order valence-corrected chi connectivity index (χ2v) is 7.56. The van der Waals surface area contributed by atoms with E-state index in [0.29, 0.717) is 11.5 Å². The molecule has 3 aromatic rings. The molecule has 28 heavy (non-hydrogen) atoms. The average molecular weight is 374 g/mol. The van der Waals surface area contributed by atoms with Crippen LogP contribution in [-0.4, -0.2) is 21.4 Å². The van der Waals surface area contributed by atoms with E-state index in [1.807, 2.05) is 26.0 Å². The predicted molar refractivity (Wildman–Crippen MR) is 114 cm³/mol. The van der Waals surface area contributed by atoms with Crippen molar-refractivity contribution in [3.63, 3.8) is 0 Å². The van der Waals surface area contributed by atoms with Gasteiger partial charge in [0.05, 0.1) is 0 Å². The quantitative estimate of drug-likeness (QED) is 0.629. The van der Waals surface area contributed by atoms with Crippen LogP contribution in [-0.2, 0) is 0 Å². The predicted octanol–water partition coefficient (Wildman–Crippen LogP) is 5.11. The van der Waals surface area contributed by atoms with Crippen LogP contribution < -0.4 is 10.6 Å². The number of aryl methyl sites for hydroxylation is 1. The zero-order chi connectivity index (χ0) is 20.1. The van der Waals surface area contributed by atoms with E-state index in [1.165, 1.54) is 5.56 Å². The molecule has 0 radical (unpaired) electrons. The summed E-state index contributed by atoms with van der Waals surface area (Å²) >= 11 is 0. The highest BCUT2D eigenvalue weighted by atomic mass is 16.1. The van der Waals surface area contributed by atoms with Crippen molar-refractivity contribution >= 4 is 17.5 Å². The molecule has 2 N–H and O–H groups in total. The fourth-order valence-corrected chi connectivity index (χ4v) is 2.62. The molecule has 1 amide bonds. The molecule has 0 saturated carbocycles. The van der Waals surface area contributed by atoms with E-state index >= 15 is 0 Å². The van der Waals surface area contributed by atoms with Gasteiger partial charge in [-0.15, -0.1) is 0 Å². The third-order valence-electron chi connectivity index (χ3n) is 4.75. The van der Waals surface area contributed by atoms with Crippen molar-refractivity contribution in [2.24, 2.45) is 0 Å². The van der Waals surface area contributed by atoms with Gasteiger partial charge in [-0.1, -0.05) is 42.8 Å². The number of rotatable bonds is 6. The van der Waals surface area contributed by atoms with E-state index in [2.05, 4.69) is 58.7 Å². The van der Waals surface area contributed by atoms with Gasteiger partial charge in [0.1, 0.15) is 0 Å². The van der Waals surface area contributed by atoms with Gasteiger partial charge in [0.15, 0.2) is 0 Å². The van der Waals surface area contributed by atoms with Gasteiger partial charge in [-0.3, -0.25) is 4.79 Å². The third-order valence-corrected chi connectivity index (χ3v) is 4.75. The summed E-state index contributed by atoms with van der Waals surface area (Å²) in [5, 5.41) is 6.21. The number of carbonyl (C=O) groups is 1. The molecule has 0 bridgehead atoms. The molecule has 0 aliphatic rings. The Hall–Kier alpha value is -3.21.